The van der Waals surface area contributed by atoms with Gasteiger partial charge in [-0.05, 0) is 30.5 Å². The number of amides is 1. The van der Waals surface area contributed by atoms with Crippen LogP contribution in [0, 0.1) is 11.8 Å². The van der Waals surface area contributed by atoms with Gasteiger partial charge in [-0.15, -0.1) is 0 Å². The Morgan fingerprint density at radius 1 is 1.35 bits per heavy atom. The average molecular weight is 329 g/mol. The number of halogens is 3. The fraction of sp³-hybridized carbons (Fsp3) is 0.438. The number of hydrogen-bond donors (Lipinski definition) is 3. The van der Waals surface area contributed by atoms with Gasteiger partial charge in [-0.1, -0.05) is 24.0 Å². The van der Waals surface area contributed by atoms with Gasteiger partial charge in [-0.3, -0.25) is 4.79 Å². The molecule has 3 N–H and O–H groups in total. The van der Waals surface area contributed by atoms with E-state index in [1.165, 1.54) is 0 Å². The SMILES string of the molecule is O=C(NCCC(O)c1cccc(C#CCCCO)c1)C(F)(F)F. The molecule has 1 unspecified atom stereocenters. The maximum atomic E-state index is 12.0. The number of nitrogens with one attached hydrogen (secondary N) is 1. The van der Waals surface area contributed by atoms with E-state index >= 15 is 0 Å². The van der Waals surface area contributed by atoms with Crippen LogP contribution in [0.15, 0.2) is 24.3 Å². The van der Waals surface area contributed by atoms with Crippen molar-refractivity contribution in [3.05, 3.63) is 35.4 Å². The molecule has 1 atom stereocenters. The summed E-state index contributed by atoms with van der Waals surface area (Å²) >= 11 is 0. The standard InChI is InChI=1S/C16H18F3NO3/c17-16(18,19)15(23)20-9-8-14(22)13-7-4-6-12(11-13)5-2-1-3-10-21/h4,6-7,11,14,21-22H,1,3,8-10H2,(H,20,23). The van der Waals surface area contributed by atoms with Crippen LogP contribution in [0.5, 0.6) is 0 Å². The van der Waals surface area contributed by atoms with Crippen molar-refractivity contribution in [3.63, 3.8) is 0 Å². The fourth-order valence-electron chi connectivity index (χ4n) is 1.75. The van der Waals surface area contributed by atoms with Gasteiger partial charge < -0.3 is 15.5 Å². The normalized spacial score (nSPS) is 12.2. The smallest absolute Gasteiger partial charge is 0.396 e. The molecule has 0 radical (unpaired) electrons. The Morgan fingerprint density at radius 3 is 2.74 bits per heavy atom. The van der Waals surface area contributed by atoms with Crippen molar-refractivity contribution in [2.75, 3.05) is 13.2 Å². The summed E-state index contributed by atoms with van der Waals surface area (Å²) in [6, 6.07) is 6.70. The molecular weight excluding hydrogens is 311 g/mol. The summed E-state index contributed by atoms with van der Waals surface area (Å²) in [6.45, 7) is -0.219. The van der Waals surface area contributed by atoms with Crippen LogP contribution < -0.4 is 5.32 Å². The number of hydrogen-bond acceptors (Lipinski definition) is 3. The van der Waals surface area contributed by atoms with E-state index in [1.54, 1.807) is 29.6 Å². The Labute approximate surface area is 132 Å². The van der Waals surface area contributed by atoms with Crippen LogP contribution in [-0.4, -0.2) is 35.4 Å². The second kappa shape index (κ2) is 9.18. The number of unbranched alkanes of at least 4 members (excludes halogenated alkanes) is 1. The summed E-state index contributed by atoms with van der Waals surface area (Å²) in [7, 11) is 0. The number of alkyl halides is 3. The van der Waals surface area contributed by atoms with Gasteiger partial charge in [0.2, 0.25) is 0 Å². The van der Waals surface area contributed by atoms with Crippen molar-refractivity contribution in [3.8, 4) is 11.8 Å². The number of carbonyl (C=O) groups is 1. The molecule has 0 aliphatic rings. The van der Waals surface area contributed by atoms with E-state index in [9.17, 15) is 23.1 Å². The van der Waals surface area contributed by atoms with E-state index in [0.717, 1.165) is 0 Å². The Bertz CT molecular complexity index is 576. The quantitative estimate of drug-likeness (QED) is 0.552. The first-order valence-electron chi connectivity index (χ1n) is 7.07. The molecule has 0 spiro atoms. The number of benzene rings is 1. The summed E-state index contributed by atoms with van der Waals surface area (Å²) in [5, 5.41) is 20.3. The van der Waals surface area contributed by atoms with E-state index in [1.807, 2.05) is 0 Å². The molecule has 126 valence electrons. The van der Waals surface area contributed by atoms with Gasteiger partial charge in [0.15, 0.2) is 0 Å². The lowest BCUT2D eigenvalue weighted by Gasteiger charge is -2.13. The van der Waals surface area contributed by atoms with E-state index in [-0.39, 0.29) is 19.6 Å². The molecule has 0 bridgehead atoms. The molecule has 1 aromatic carbocycles. The van der Waals surface area contributed by atoms with Crippen LogP contribution in [0.1, 0.15) is 36.5 Å². The molecule has 23 heavy (non-hydrogen) atoms. The van der Waals surface area contributed by atoms with Crippen LogP contribution >= 0.6 is 0 Å². The third-order valence-electron chi connectivity index (χ3n) is 2.92. The highest BCUT2D eigenvalue weighted by molar-refractivity contribution is 5.81. The molecule has 0 fully saturated rings. The molecule has 0 heterocycles. The molecule has 7 heteroatoms. The third-order valence-corrected chi connectivity index (χ3v) is 2.92. The summed E-state index contributed by atoms with van der Waals surface area (Å²) in [5.41, 5.74) is 1.18. The van der Waals surface area contributed by atoms with Crippen molar-refractivity contribution in [1.29, 1.82) is 0 Å². The first kappa shape index (κ1) is 19.0. The minimum Gasteiger partial charge on any atom is -0.396 e. The highest BCUT2D eigenvalue weighted by atomic mass is 19.4. The Hall–Kier alpha value is -2.04. The van der Waals surface area contributed by atoms with Gasteiger partial charge >= 0.3 is 12.1 Å². The van der Waals surface area contributed by atoms with Gasteiger partial charge in [0.25, 0.3) is 0 Å². The minimum absolute atomic E-state index is 0.0385. The number of aliphatic hydroxyl groups is 2. The lowest BCUT2D eigenvalue weighted by Crippen LogP contribution is -2.37. The molecule has 0 saturated heterocycles. The first-order chi connectivity index (χ1) is 10.8. The van der Waals surface area contributed by atoms with Gasteiger partial charge in [-0.2, -0.15) is 13.2 Å². The van der Waals surface area contributed by atoms with Crippen molar-refractivity contribution in [1.82, 2.24) is 5.32 Å². The molecule has 1 rings (SSSR count). The Morgan fingerprint density at radius 2 is 2.09 bits per heavy atom. The number of aliphatic hydroxyl groups excluding tert-OH is 2. The van der Waals surface area contributed by atoms with E-state index in [4.69, 9.17) is 5.11 Å². The maximum absolute atomic E-state index is 12.0. The molecule has 0 aliphatic heterocycles. The predicted molar refractivity (Wildman–Crippen MR) is 78.3 cm³/mol. The molecule has 0 aromatic heterocycles. The zero-order chi connectivity index (χ0) is 17.3. The fourth-order valence-corrected chi connectivity index (χ4v) is 1.75. The van der Waals surface area contributed by atoms with Gasteiger partial charge in [0, 0.05) is 25.1 Å². The lowest BCUT2D eigenvalue weighted by atomic mass is 10.0. The lowest BCUT2D eigenvalue weighted by molar-refractivity contribution is -0.173. The van der Waals surface area contributed by atoms with Crippen molar-refractivity contribution in [2.24, 2.45) is 0 Å². The zero-order valence-electron chi connectivity index (χ0n) is 12.4. The first-order valence-corrected chi connectivity index (χ1v) is 7.07. The summed E-state index contributed by atoms with van der Waals surface area (Å²) < 4.78 is 36.1. The summed E-state index contributed by atoms with van der Waals surface area (Å²) in [5.74, 6) is 3.73. The number of carbonyl (C=O) groups excluding carboxylic acids is 1. The molecule has 4 nitrogen and oxygen atoms in total. The third kappa shape index (κ3) is 7.17. The summed E-state index contributed by atoms with van der Waals surface area (Å²) in [6.07, 6.45) is -4.83. The number of rotatable bonds is 6. The largest absolute Gasteiger partial charge is 0.471 e. The second-order valence-corrected chi connectivity index (χ2v) is 4.81. The van der Waals surface area contributed by atoms with Crippen LogP contribution in [0.3, 0.4) is 0 Å². The summed E-state index contributed by atoms with van der Waals surface area (Å²) in [4.78, 5) is 10.7. The molecule has 0 saturated carbocycles. The van der Waals surface area contributed by atoms with Crippen molar-refractivity contribution >= 4 is 5.91 Å². The van der Waals surface area contributed by atoms with Crippen molar-refractivity contribution < 1.29 is 28.2 Å². The Kier molecular flexibility index (Phi) is 7.59. The average Bonchev–Trinajstić information content (AvgIpc) is 2.50. The molecule has 0 aliphatic carbocycles. The van der Waals surface area contributed by atoms with Gasteiger partial charge in [0.05, 0.1) is 6.10 Å². The highest BCUT2D eigenvalue weighted by Crippen LogP contribution is 2.18. The van der Waals surface area contributed by atoms with Crippen LogP contribution in [0.25, 0.3) is 0 Å². The van der Waals surface area contributed by atoms with Crippen LogP contribution in [0.2, 0.25) is 0 Å². The predicted octanol–water partition coefficient (Wildman–Crippen LogP) is 1.91. The minimum atomic E-state index is -4.92. The highest BCUT2D eigenvalue weighted by Gasteiger charge is 2.38. The second-order valence-electron chi connectivity index (χ2n) is 4.81. The molecule has 1 aromatic rings. The Balaban J connectivity index is 2.54. The topological polar surface area (TPSA) is 69.6 Å². The molecule has 1 amide bonds. The maximum Gasteiger partial charge on any atom is 0.471 e. The van der Waals surface area contributed by atoms with E-state index < -0.39 is 18.2 Å². The monoisotopic (exact) mass is 329 g/mol. The van der Waals surface area contributed by atoms with E-state index in [2.05, 4.69) is 11.8 Å². The van der Waals surface area contributed by atoms with Crippen LogP contribution in [-0.2, 0) is 4.79 Å². The van der Waals surface area contributed by atoms with Gasteiger partial charge in [-0.25, -0.2) is 0 Å². The van der Waals surface area contributed by atoms with E-state index in [0.29, 0.717) is 24.0 Å². The van der Waals surface area contributed by atoms with Gasteiger partial charge in [0.1, 0.15) is 0 Å². The molecular formula is C16H18F3NO3. The zero-order valence-corrected chi connectivity index (χ0v) is 12.4. The van der Waals surface area contributed by atoms with Crippen LogP contribution in [0.4, 0.5) is 13.2 Å². The van der Waals surface area contributed by atoms with Crippen molar-refractivity contribution in [2.45, 2.75) is 31.5 Å².